The highest BCUT2D eigenvalue weighted by Crippen LogP contribution is 2.31. The average molecular weight is 273 g/mol. The molecule has 0 fully saturated rings. The van der Waals surface area contributed by atoms with Crippen molar-refractivity contribution in [3.05, 3.63) is 48.0 Å². The first-order valence-corrected chi connectivity index (χ1v) is 6.32. The van der Waals surface area contributed by atoms with E-state index in [1.54, 1.807) is 18.2 Å². The Labute approximate surface area is 114 Å². The van der Waals surface area contributed by atoms with Gasteiger partial charge in [-0.2, -0.15) is 0 Å². The van der Waals surface area contributed by atoms with Gasteiger partial charge >= 0.3 is 0 Å². The van der Waals surface area contributed by atoms with Gasteiger partial charge in [0.25, 0.3) is 0 Å². The van der Waals surface area contributed by atoms with Crippen LogP contribution in [0.1, 0.15) is 6.92 Å². The van der Waals surface area contributed by atoms with E-state index >= 15 is 0 Å². The molecule has 5 heteroatoms. The quantitative estimate of drug-likeness (QED) is 0.725. The molecular formula is C15H13F2N3. The van der Waals surface area contributed by atoms with Crippen LogP contribution in [-0.2, 0) is 6.54 Å². The van der Waals surface area contributed by atoms with Crippen LogP contribution in [-0.4, -0.2) is 9.55 Å². The third-order valence-electron chi connectivity index (χ3n) is 3.30. The Kier molecular flexibility index (Phi) is 2.89. The highest BCUT2D eigenvalue weighted by molar-refractivity contribution is 5.83. The molecule has 1 heterocycles. The normalized spacial score (nSPS) is 11.2. The maximum Gasteiger partial charge on any atom is 0.146 e. The van der Waals surface area contributed by atoms with Crippen molar-refractivity contribution in [2.75, 3.05) is 5.73 Å². The fourth-order valence-electron chi connectivity index (χ4n) is 2.39. The van der Waals surface area contributed by atoms with Gasteiger partial charge in [0.1, 0.15) is 17.5 Å². The number of nitrogens with two attached hydrogens (primary N) is 1. The number of nitrogens with zero attached hydrogens (tertiary/aromatic N) is 2. The Morgan fingerprint density at radius 1 is 1.20 bits per heavy atom. The molecule has 0 aliphatic carbocycles. The largest absolute Gasteiger partial charge is 0.398 e. The molecule has 0 spiro atoms. The topological polar surface area (TPSA) is 43.8 Å². The molecule has 3 aromatic rings. The second-order valence-electron chi connectivity index (χ2n) is 4.52. The van der Waals surface area contributed by atoms with Gasteiger partial charge in [-0.1, -0.05) is 6.07 Å². The Morgan fingerprint density at radius 2 is 2.00 bits per heavy atom. The molecule has 3 rings (SSSR count). The lowest BCUT2D eigenvalue weighted by Crippen LogP contribution is -2.02. The van der Waals surface area contributed by atoms with Crippen LogP contribution in [0.4, 0.5) is 14.5 Å². The van der Waals surface area contributed by atoms with Crippen molar-refractivity contribution >= 4 is 16.7 Å². The number of aromatic nitrogens is 2. The molecule has 0 radical (unpaired) electrons. The number of hydrogen-bond donors (Lipinski definition) is 1. The summed E-state index contributed by atoms with van der Waals surface area (Å²) in [5, 5.41) is 0. The third-order valence-corrected chi connectivity index (χ3v) is 3.30. The summed E-state index contributed by atoms with van der Waals surface area (Å²) in [6, 6.07) is 8.85. The summed E-state index contributed by atoms with van der Waals surface area (Å²) in [6.45, 7) is 2.51. The summed E-state index contributed by atoms with van der Waals surface area (Å²) in [6.07, 6.45) is 0. The van der Waals surface area contributed by atoms with Gasteiger partial charge in [-0.15, -0.1) is 0 Å². The molecule has 0 amide bonds. The van der Waals surface area contributed by atoms with E-state index in [0.29, 0.717) is 23.6 Å². The lowest BCUT2D eigenvalue weighted by atomic mass is 10.1. The monoisotopic (exact) mass is 273 g/mol. The zero-order valence-electron chi connectivity index (χ0n) is 10.9. The van der Waals surface area contributed by atoms with Gasteiger partial charge in [0.15, 0.2) is 0 Å². The van der Waals surface area contributed by atoms with Crippen LogP contribution in [0.2, 0.25) is 0 Å². The third kappa shape index (κ3) is 1.82. The van der Waals surface area contributed by atoms with Crippen LogP contribution < -0.4 is 5.73 Å². The minimum absolute atomic E-state index is 0.256. The van der Waals surface area contributed by atoms with Crippen molar-refractivity contribution < 1.29 is 8.78 Å². The lowest BCUT2D eigenvalue weighted by Gasteiger charge is -2.09. The molecule has 3 nitrogen and oxygen atoms in total. The highest BCUT2D eigenvalue weighted by Gasteiger charge is 2.17. The summed E-state index contributed by atoms with van der Waals surface area (Å²) >= 11 is 0. The van der Waals surface area contributed by atoms with Crippen LogP contribution in [0.5, 0.6) is 0 Å². The van der Waals surface area contributed by atoms with E-state index in [4.69, 9.17) is 5.73 Å². The van der Waals surface area contributed by atoms with Gasteiger partial charge in [-0.05, 0) is 31.2 Å². The fraction of sp³-hybridized carbons (Fsp3) is 0.133. The van der Waals surface area contributed by atoms with E-state index in [1.165, 1.54) is 18.2 Å². The van der Waals surface area contributed by atoms with Crippen LogP contribution in [0.15, 0.2) is 36.4 Å². The summed E-state index contributed by atoms with van der Waals surface area (Å²) in [5.74, 6) is -0.384. The maximum atomic E-state index is 14.1. The van der Waals surface area contributed by atoms with E-state index < -0.39 is 5.82 Å². The van der Waals surface area contributed by atoms with Crippen molar-refractivity contribution in [3.8, 4) is 11.4 Å². The molecule has 0 aliphatic rings. The minimum Gasteiger partial charge on any atom is -0.398 e. The molecule has 0 aliphatic heterocycles. The molecule has 0 bridgehead atoms. The molecule has 20 heavy (non-hydrogen) atoms. The Balaban J connectivity index is 2.36. The predicted molar refractivity (Wildman–Crippen MR) is 75.2 cm³/mol. The standard InChI is InChI=1S/C15H13F2N3/c1-2-20-13-7-6-9(16)8-12(13)19-15(20)14-10(17)4-3-5-11(14)18/h3-8H,2,18H2,1H3. The van der Waals surface area contributed by atoms with Gasteiger partial charge in [-0.3, -0.25) is 0 Å². The van der Waals surface area contributed by atoms with Crippen LogP contribution in [0, 0.1) is 11.6 Å². The Bertz CT molecular complexity index is 773. The van der Waals surface area contributed by atoms with E-state index in [9.17, 15) is 8.78 Å². The van der Waals surface area contributed by atoms with E-state index in [1.807, 2.05) is 11.5 Å². The van der Waals surface area contributed by atoms with Crippen LogP contribution in [0.3, 0.4) is 0 Å². The van der Waals surface area contributed by atoms with E-state index in [-0.39, 0.29) is 11.4 Å². The summed E-state index contributed by atoms with van der Waals surface area (Å²) in [4.78, 5) is 4.34. The fourth-order valence-corrected chi connectivity index (χ4v) is 2.39. The van der Waals surface area contributed by atoms with Gasteiger partial charge < -0.3 is 10.3 Å². The number of rotatable bonds is 2. The Morgan fingerprint density at radius 3 is 2.70 bits per heavy atom. The van der Waals surface area contributed by atoms with E-state index in [0.717, 1.165) is 5.52 Å². The predicted octanol–water partition coefficient (Wildman–Crippen LogP) is 3.58. The number of nitrogen functional groups attached to an aromatic ring is 1. The first kappa shape index (κ1) is 12.6. The summed E-state index contributed by atoms with van der Waals surface area (Å²) in [5.41, 5.74) is 7.68. The van der Waals surface area contributed by atoms with Gasteiger partial charge in [0, 0.05) is 18.3 Å². The number of imidazole rings is 1. The molecule has 0 atom stereocenters. The number of halogens is 2. The number of anilines is 1. The Hall–Kier alpha value is -2.43. The van der Waals surface area contributed by atoms with Crippen LogP contribution >= 0.6 is 0 Å². The van der Waals surface area contributed by atoms with Crippen molar-refractivity contribution in [2.45, 2.75) is 13.5 Å². The molecule has 2 aromatic carbocycles. The van der Waals surface area contributed by atoms with Crippen molar-refractivity contribution in [1.82, 2.24) is 9.55 Å². The average Bonchev–Trinajstić information content (AvgIpc) is 2.75. The molecule has 1 aromatic heterocycles. The number of benzene rings is 2. The van der Waals surface area contributed by atoms with Gasteiger partial charge in [0.05, 0.1) is 16.6 Å². The minimum atomic E-state index is -0.435. The van der Waals surface area contributed by atoms with E-state index in [2.05, 4.69) is 4.98 Å². The zero-order chi connectivity index (χ0) is 14.3. The maximum absolute atomic E-state index is 14.1. The van der Waals surface area contributed by atoms with Crippen molar-refractivity contribution in [3.63, 3.8) is 0 Å². The molecular weight excluding hydrogens is 260 g/mol. The molecule has 2 N–H and O–H groups in total. The second kappa shape index (κ2) is 4.59. The highest BCUT2D eigenvalue weighted by atomic mass is 19.1. The smallest absolute Gasteiger partial charge is 0.146 e. The summed E-state index contributed by atoms with van der Waals surface area (Å²) in [7, 11) is 0. The lowest BCUT2D eigenvalue weighted by molar-refractivity contribution is 0.628. The number of hydrogen-bond acceptors (Lipinski definition) is 2. The molecule has 0 unspecified atom stereocenters. The second-order valence-corrected chi connectivity index (χ2v) is 4.52. The first-order chi connectivity index (χ1) is 9.61. The van der Waals surface area contributed by atoms with Crippen molar-refractivity contribution in [1.29, 1.82) is 0 Å². The van der Waals surface area contributed by atoms with Gasteiger partial charge in [0.2, 0.25) is 0 Å². The van der Waals surface area contributed by atoms with Crippen molar-refractivity contribution in [2.24, 2.45) is 0 Å². The molecule has 102 valence electrons. The SMILES string of the molecule is CCn1c(-c2c(N)cccc2F)nc2cc(F)ccc21. The zero-order valence-corrected chi connectivity index (χ0v) is 10.9. The molecule has 0 saturated heterocycles. The number of fused-ring (bicyclic) bond motifs is 1. The molecule has 0 saturated carbocycles. The van der Waals surface area contributed by atoms with Crippen LogP contribution in [0.25, 0.3) is 22.4 Å². The number of aryl methyl sites for hydroxylation is 1. The summed E-state index contributed by atoms with van der Waals surface area (Å²) < 4.78 is 29.2. The van der Waals surface area contributed by atoms with Gasteiger partial charge in [-0.25, -0.2) is 13.8 Å². The first-order valence-electron chi connectivity index (χ1n) is 6.32.